The molecule has 3 heteroatoms. The Morgan fingerprint density at radius 3 is 1.60 bits per heavy atom. The van der Waals surface area contributed by atoms with Gasteiger partial charge < -0.3 is 9.84 Å². The highest BCUT2D eigenvalue weighted by Crippen LogP contribution is 2.41. The van der Waals surface area contributed by atoms with Crippen LogP contribution >= 0.6 is 0 Å². The summed E-state index contributed by atoms with van der Waals surface area (Å²) in [4.78, 5) is 4.58. The van der Waals surface area contributed by atoms with Crippen LogP contribution in [-0.4, -0.2) is 10.1 Å². The first-order valence-electron chi connectivity index (χ1n) is 10.1. The predicted octanol–water partition coefficient (Wildman–Crippen LogP) is 5.64. The van der Waals surface area contributed by atoms with E-state index in [1.54, 1.807) is 6.92 Å². The van der Waals surface area contributed by atoms with Gasteiger partial charge in [-0.05, 0) is 35.7 Å². The van der Waals surface area contributed by atoms with E-state index in [2.05, 4.69) is 41.4 Å². The van der Waals surface area contributed by atoms with E-state index in [1.807, 2.05) is 72.8 Å². The second kappa shape index (κ2) is 9.04. The van der Waals surface area contributed by atoms with Crippen molar-refractivity contribution in [3.63, 3.8) is 0 Å². The van der Waals surface area contributed by atoms with Crippen LogP contribution in [0.2, 0.25) is 0 Å². The summed E-state index contributed by atoms with van der Waals surface area (Å²) >= 11 is 0. The molecular formula is C27H25NO2. The van der Waals surface area contributed by atoms with E-state index in [0.29, 0.717) is 12.3 Å². The van der Waals surface area contributed by atoms with Crippen molar-refractivity contribution in [2.24, 2.45) is 0 Å². The normalized spacial score (nSPS) is 12.5. The maximum Gasteiger partial charge on any atom is 0.144 e. The van der Waals surface area contributed by atoms with Gasteiger partial charge in [-0.2, -0.15) is 0 Å². The van der Waals surface area contributed by atoms with E-state index < -0.39 is 11.7 Å². The highest BCUT2D eigenvalue weighted by molar-refractivity contribution is 5.47. The molecule has 1 N–H and O–H groups in total. The number of pyridine rings is 1. The van der Waals surface area contributed by atoms with Crippen molar-refractivity contribution in [1.82, 2.24) is 4.98 Å². The molecule has 1 heterocycles. The fourth-order valence-corrected chi connectivity index (χ4v) is 3.76. The molecule has 3 aromatic carbocycles. The number of rotatable bonds is 7. The number of hydrogen-bond acceptors (Lipinski definition) is 3. The summed E-state index contributed by atoms with van der Waals surface area (Å²) in [6, 6.07) is 36.5. The lowest BCUT2D eigenvalue weighted by atomic mass is 9.80. The molecular weight excluding hydrogens is 370 g/mol. The van der Waals surface area contributed by atoms with Crippen LogP contribution in [0.25, 0.3) is 0 Å². The lowest BCUT2D eigenvalue weighted by Gasteiger charge is -2.36. The molecule has 0 fully saturated rings. The molecule has 0 bridgehead atoms. The molecule has 0 saturated heterocycles. The van der Waals surface area contributed by atoms with Gasteiger partial charge in [-0.1, -0.05) is 97.1 Å². The molecule has 150 valence electrons. The number of benzene rings is 3. The molecule has 0 aliphatic carbocycles. The van der Waals surface area contributed by atoms with Gasteiger partial charge >= 0.3 is 0 Å². The van der Waals surface area contributed by atoms with Crippen LogP contribution in [-0.2, 0) is 16.9 Å². The average molecular weight is 396 g/mol. The Kier molecular flexibility index (Phi) is 6.03. The molecule has 4 aromatic rings. The number of hydrogen-bond donors (Lipinski definition) is 1. The SMILES string of the molecule is C[C@@H](O)c1cccc(COC(c2ccccc2)(c2ccccc2)c2ccccc2)n1. The van der Waals surface area contributed by atoms with Crippen molar-refractivity contribution in [3.05, 3.63) is 137 Å². The smallest absolute Gasteiger partial charge is 0.144 e. The van der Waals surface area contributed by atoms with Gasteiger partial charge in [-0.3, -0.25) is 4.98 Å². The minimum absolute atomic E-state index is 0.305. The topological polar surface area (TPSA) is 42.4 Å². The summed E-state index contributed by atoms with van der Waals surface area (Å²) in [5, 5.41) is 9.91. The van der Waals surface area contributed by atoms with E-state index in [0.717, 1.165) is 22.4 Å². The third kappa shape index (κ3) is 4.04. The number of aliphatic hydroxyl groups is 1. The summed E-state index contributed by atoms with van der Waals surface area (Å²) in [6.45, 7) is 2.02. The Labute approximate surface area is 177 Å². The van der Waals surface area contributed by atoms with Crippen molar-refractivity contribution in [3.8, 4) is 0 Å². The zero-order valence-electron chi connectivity index (χ0n) is 17.0. The Balaban J connectivity index is 1.84. The van der Waals surface area contributed by atoms with E-state index in [4.69, 9.17) is 4.74 Å². The van der Waals surface area contributed by atoms with E-state index in [-0.39, 0.29) is 0 Å². The maximum atomic E-state index is 9.91. The van der Waals surface area contributed by atoms with Gasteiger partial charge in [-0.15, -0.1) is 0 Å². The van der Waals surface area contributed by atoms with E-state index in [1.165, 1.54) is 0 Å². The van der Waals surface area contributed by atoms with Crippen LogP contribution in [0.5, 0.6) is 0 Å². The minimum atomic E-state index is -0.785. The van der Waals surface area contributed by atoms with Gasteiger partial charge in [0, 0.05) is 0 Å². The summed E-state index contributed by atoms with van der Waals surface area (Å²) in [6.07, 6.45) is -0.618. The van der Waals surface area contributed by atoms with Crippen LogP contribution < -0.4 is 0 Å². The number of aromatic nitrogens is 1. The standard InChI is InChI=1S/C27H25NO2/c1-21(29)26-19-11-18-25(28-26)20-30-27(22-12-5-2-6-13-22,23-14-7-3-8-15-23)24-16-9-4-10-17-24/h2-19,21,29H,20H2,1H3/t21-/m1/s1. The van der Waals surface area contributed by atoms with Gasteiger partial charge in [-0.25, -0.2) is 0 Å². The summed E-state index contributed by atoms with van der Waals surface area (Å²) in [5.74, 6) is 0. The molecule has 1 aromatic heterocycles. The molecule has 1 atom stereocenters. The third-order valence-electron chi connectivity index (χ3n) is 5.23. The molecule has 0 amide bonds. The van der Waals surface area contributed by atoms with Crippen molar-refractivity contribution in [2.45, 2.75) is 25.2 Å². The highest BCUT2D eigenvalue weighted by Gasteiger charge is 2.37. The van der Waals surface area contributed by atoms with Crippen molar-refractivity contribution < 1.29 is 9.84 Å². The monoisotopic (exact) mass is 395 g/mol. The first kappa shape index (κ1) is 20.0. The molecule has 0 spiro atoms. The zero-order valence-corrected chi connectivity index (χ0v) is 17.0. The van der Waals surface area contributed by atoms with Crippen molar-refractivity contribution in [2.75, 3.05) is 0 Å². The minimum Gasteiger partial charge on any atom is -0.387 e. The fourth-order valence-electron chi connectivity index (χ4n) is 3.76. The largest absolute Gasteiger partial charge is 0.387 e. The summed E-state index contributed by atoms with van der Waals surface area (Å²) < 4.78 is 6.76. The number of aliphatic hydroxyl groups excluding tert-OH is 1. The molecule has 30 heavy (non-hydrogen) atoms. The first-order chi connectivity index (χ1) is 14.7. The predicted molar refractivity (Wildman–Crippen MR) is 119 cm³/mol. The summed E-state index contributed by atoms with van der Waals surface area (Å²) in [7, 11) is 0. The van der Waals surface area contributed by atoms with Crippen LogP contribution in [0.3, 0.4) is 0 Å². The molecule has 0 radical (unpaired) electrons. The highest BCUT2D eigenvalue weighted by atomic mass is 16.5. The fraction of sp³-hybridized carbons (Fsp3) is 0.148. The van der Waals surface area contributed by atoms with Gasteiger partial charge in [0.25, 0.3) is 0 Å². The number of ether oxygens (including phenoxy) is 1. The molecule has 0 aliphatic rings. The van der Waals surface area contributed by atoms with Crippen LogP contribution in [0.4, 0.5) is 0 Å². The Morgan fingerprint density at radius 2 is 1.17 bits per heavy atom. The lowest BCUT2D eigenvalue weighted by Crippen LogP contribution is -2.33. The molecule has 0 aliphatic heterocycles. The number of nitrogens with zero attached hydrogens (tertiary/aromatic N) is 1. The molecule has 0 unspecified atom stereocenters. The maximum absolute atomic E-state index is 9.91. The van der Waals surface area contributed by atoms with Crippen LogP contribution in [0, 0.1) is 0 Å². The molecule has 3 nitrogen and oxygen atoms in total. The van der Waals surface area contributed by atoms with Crippen LogP contribution in [0.15, 0.2) is 109 Å². The summed E-state index contributed by atoms with van der Waals surface area (Å²) in [5.41, 5.74) is 3.78. The molecule has 0 saturated carbocycles. The van der Waals surface area contributed by atoms with E-state index >= 15 is 0 Å². The lowest BCUT2D eigenvalue weighted by molar-refractivity contribution is -0.00160. The van der Waals surface area contributed by atoms with E-state index in [9.17, 15) is 5.11 Å². The molecule has 4 rings (SSSR count). The first-order valence-corrected chi connectivity index (χ1v) is 10.1. The Bertz CT molecular complexity index is 967. The van der Waals surface area contributed by atoms with Gasteiger partial charge in [0.05, 0.1) is 24.1 Å². The van der Waals surface area contributed by atoms with Gasteiger partial charge in [0.1, 0.15) is 5.60 Å². The van der Waals surface area contributed by atoms with Gasteiger partial charge in [0.15, 0.2) is 0 Å². The zero-order chi connectivity index (χ0) is 20.8. The second-order valence-corrected chi connectivity index (χ2v) is 7.30. The van der Waals surface area contributed by atoms with Gasteiger partial charge in [0.2, 0.25) is 0 Å². The van der Waals surface area contributed by atoms with Crippen LogP contribution in [0.1, 0.15) is 41.1 Å². The van der Waals surface area contributed by atoms with Crippen molar-refractivity contribution in [1.29, 1.82) is 0 Å². The second-order valence-electron chi connectivity index (χ2n) is 7.30. The third-order valence-corrected chi connectivity index (χ3v) is 5.23. The Morgan fingerprint density at radius 1 is 0.700 bits per heavy atom. The quantitative estimate of drug-likeness (QED) is 0.412. The van der Waals surface area contributed by atoms with Crippen molar-refractivity contribution >= 4 is 0 Å². The Hall–Kier alpha value is -3.27. The average Bonchev–Trinajstić information content (AvgIpc) is 2.82.